The SMILES string of the molecule is CCNC(C1=CCCCC1)c1ccc(C)c(F)c1. The molecule has 1 nitrogen and oxygen atoms in total. The lowest BCUT2D eigenvalue weighted by Gasteiger charge is -2.24. The molecule has 0 saturated carbocycles. The second-order valence-corrected chi connectivity index (χ2v) is 5.02. The van der Waals surface area contributed by atoms with E-state index in [1.165, 1.54) is 18.4 Å². The Bertz CT molecular complexity index is 437. The summed E-state index contributed by atoms with van der Waals surface area (Å²) in [5.74, 6) is -0.105. The Balaban J connectivity index is 2.28. The average Bonchev–Trinajstić information content (AvgIpc) is 2.40. The fourth-order valence-corrected chi connectivity index (χ4v) is 2.58. The molecule has 18 heavy (non-hydrogen) atoms. The molecule has 1 aromatic carbocycles. The third-order valence-corrected chi connectivity index (χ3v) is 3.63. The van der Waals surface area contributed by atoms with Crippen LogP contribution in [0.4, 0.5) is 4.39 Å². The highest BCUT2D eigenvalue weighted by atomic mass is 19.1. The van der Waals surface area contributed by atoms with Crippen molar-refractivity contribution in [2.45, 2.75) is 45.6 Å². The van der Waals surface area contributed by atoms with E-state index in [1.807, 2.05) is 12.1 Å². The summed E-state index contributed by atoms with van der Waals surface area (Å²) in [5, 5.41) is 3.48. The number of allylic oxidation sites excluding steroid dienone is 1. The minimum absolute atomic E-state index is 0.105. The Kier molecular flexibility index (Phi) is 4.54. The first-order chi connectivity index (χ1) is 8.72. The number of hydrogen-bond acceptors (Lipinski definition) is 1. The van der Waals surface area contributed by atoms with Gasteiger partial charge in [0.25, 0.3) is 0 Å². The lowest BCUT2D eigenvalue weighted by molar-refractivity contribution is 0.556. The van der Waals surface area contributed by atoms with Gasteiger partial charge in [-0.15, -0.1) is 0 Å². The highest BCUT2D eigenvalue weighted by Gasteiger charge is 2.18. The van der Waals surface area contributed by atoms with Gasteiger partial charge in [0.15, 0.2) is 0 Å². The molecule has 1 N–H and O–H groups in total. The summed E-state index contributed by atoms with van der Waals surface area (Å²) in [4.78, 5) is 0. The predicted octanol–water partition coefficient (Wildman–Crippen LogP) is 4.29. The zero-order valence-corrected chi connectivity index (χ0v) is 11.3. The van der Waals surface area contributed by atoms with E-state index >= 15 is 0 Å². The van der Waals surface area contributed by atoms with Crippen molar-refractivity contribution >= 4 is 0 Å². The van der Waals surface area contributed by atoms with Crippen LogP contribution in [0.5, 0.6) is 0 Å². The summed E-state index contributed by atoms with van der Waals surface area (Å²) in [6.45, 7) is 4.81. The van der Waals surface area contributed by atoms with Gasteiger partial charge in [0.1, 0.15) is 5.82 Å². The first-order valence-electron chi connectivity index (χ1n) is 6.90. The molecule has 0 aliphatic heterocycles. The van der Waals surface area contributed by atoms with Crippen molar-refractivity contribution in [3.8, 4) is 0 Å². The van der Waals surface area contributed by atoms with Crippen LogP contribution in [0.3, 0.4) is 0 Å². The van der Waals surface area contributed by atoms with E-state index in [9.17, 15) is 4.39 Å². The summed E-state index contributed by atoms with van der Waals surface area (Å²) >= 11 is 0. The molecule has 1 aliphatic rings. The third kappa shape index (κ3) is 2.99. The fourth-order valence-electron chi connectivity index (χ4n) is 2.58. The first kappa shape index (κ1) is 13.3. The van der Waals surface area contributed by atoms with Crippen LogP contribution in [-0.4, -0.2) is 6.54 Å². The van der Waals surface area contributed by atoms with Crippen LogP contribution in [0.1, 0.15) is 49.8 Å². The molecular formula is C16H22FN. The van der Waals surface area contributed by atoms with Crippen LogP contribution in [0.2, 0.25) is 0 Å². The van der Waals surface area contributed by atoms with E-state index in [-0.39, 0.29) is 11.9 Å². The molecule has 1 unspecified atom stereocenters. The van der Waals surface area contributed by atoms with Crippen molar-refractivity contribution in [1.82, 2.24) is 5.32 Å². The van der Waals surface area contributed by atoms with Gasteiger partial charge in [-0.05, 0) is 56.3 Å². The summed E-state index contributed by atoms with van der Waals surface area (Å²) in [7, 11) is 0. The molecule has 1 aromatic rings. The number of nitrogens with one attached hydrogen (secondary N) is 1. The zero-order valence-electron chi connectivity index (χ0n) is 11.3. The van der Waals surface area contributed by atoms with Crippen molar-refractivity contribution in [3.63, 3.8) is 0 Å². The van der Waals surface area contributed by atoms with Crippen LogP contribution in [-0.2, 0) is 0 Å². The maximum atomic E-state index is 13.7. The number of rotatable bonds is 4. The number of halogens is 1. The van der Waals surface area contributed by atoms with Gasteiger partial charge in [-0.3, -0.25) is 0 Å². The van der Waals surface area contributed by atoms with Gasteiger partial charge in [-0.25, -0.2) is 4.39 Å². The molecule has 0 bridgehead atoms. The van der Waals surface area contributed by atoms with Crippen molar-refractivity contribution in [2.24, 2.45) is 0 Å². The van der Waals surface area contributed by atoms with Gasteiger partial charge in [-0.2, -0.15) is 0 Å². The smallest absolute Gasteiger partial charge is 0.126 e. The summed E-state index contributed by atoms with van der Waals surface area (Å²) in [5.41, 5.74) is 3.19. The van der Waals surface area contributed by atoms with Crippen molar-refractivity contribution < 1.29 is 4.39 Å². The minimum Gasteiger partial charge on any atom is -0.307 e. The molecule has 0 spiro atoms. The lowest BCUT2D eigenvalue weighted by Crippen LogP contribution is -2.23. The molecule has 0 saturated heterocycles. The fraction of sp³-hybridized carbons (Fsp3) is 0.500. The normalized spacial score (nSPS) is 17.4. The van der Waals surface area contributed by atoms with Gasteiger partial charge < -0.3 is 5.32 Å². The second-order valence-electron chi connectivity index (χ2n) is 5.02. The Morgan fingerprint density at radius 3 is 2.78 bits per heavy atom. The third-order valence-electron chi connectivity index (χ3n) is 3.63. The molecule has 0 heterocycles. The molecular weight excluding hydrogens is 225 g/mol. The van der Waals surface area contributed by atoms with E-state index in [0.29, 0.717) is 5.56 Å². The maximum absolute atomic E-state index is 13.7. The van der Waals surface area contributed by atoms with Gasteiger partial charge in [0.05, 0.1) is 6.04 Å². The summed E-state index contributed by atoms with van der Waals surface area (Å²) in [6, 6.07) is 5.78. The van der Waals surface area contributed by atoms with E-state index in [1.54, 1.807) is 13.0 Å². The summed E-state index contributed by atoms with van der Waals surface area (Å²) < 4.78 is 13.7. The minimum atomic E-state index is -0.105. The van der Waals surface area contributed by atoms with Crippen molar-refractivity contribution in [2.75, 3.05) is 6.54 Å². The van der Waals surface area contributed by atoms with Crippen LogP contribution in [0, 0.1) is 12.7 Å². The van der Waals surface area contributed by atoms with Crippen molar-refractivity contribution in [1.29, 1.82) is 0 Å². The van der Waals surface area contributed by atoms with E-state index in [2.05, 4.69) is 18.3 Å². The quantitative estimate of drug-likeness (QED) is 0.783. The Labute approximate surface area is 109 Å². The highest BCUT2D eigenvalue weighted by Crippen LogP contribution is 2.30. The molecule has 0 amide bonds. The second kappa shape index (κ2) is 6.14. The van der Waals surface area contributed by atoms with E-state index in [0.717, 1.165) is 24.9 Å². The molecule has 0 aromatic heterocycles. The highest BCUT2D eigenvalue weighted by molar-refractivity contribution is 5.32. The maximum Gasteiger partial charge on any atom is 0.126 e. The van der Waals surface area contributed by atoms with Crippen LogP contribution in [0.15, 0.2) is 29.8 Å². The van der Waals surface area contributed by atoms with Crippen molar-refractivity contribution in [3.05, 3.63) is 46.8 Å². The number of aryl methyl sites for hydroxylation is 1. The Morgan fingerprint density at radius 1 is 1.33 bits per heavy atom. The van der Waals surface area contributed by atoms with E-state index in [4.69, 9.17) is 0 Å². The topological polar surface area (TPSA) is 12.0 Å². The number of likely N-dealkylation sites (N-methyl/N-ethyl adjacent to an activating group) is 1. The van der Waals surface area contributed by atoms with Gasteiger partial charge in [-0.1, -0.05) is 30.7 Å². The Morgan fingerprint density at radius 2 is 2.17 bits per heavy atom. The van der Waals surface area contributed by atoms with Gasteiger partial charge in [0, 0.05) is 0 Å². The van der Waals surface area contributed by atoms with Gasteiger partial charge >= 0.3 is 0 Å². The van der Waals surface area contributed by atoms with Crippen LogP contribution < -0.4 is 5.32 Å². The number of benzene rings is 1. The van der Waals surface area contributed by atoms with E-state index < -0.39 is 0 Å². The Hall–Kier alpha value is -1.15. The molecule has 2 heteroatoms. The number of hydrogen-bond donors (Lipinski definition) is 1. The lowest BCUT2D eigenvalue weighted by atomic mass is 9.89. The standard InChI is InChI=1S/C16H22FN/c1-3-18-16(13-7-5-4-6-8-13)14-10-9-12(2)15(17)11-14/h7,9-11,16,18H,3-6,8H2,1-2H3. The molecule has 98 valence electrons. The van der Waals surface area contributed by atoms with Crippen LogP contribution >= 0.6 is 0 Å². The monoisotopic (exact) mass is 247 g/mol. The molecule has 2 rings (SSSR count). The first-order valence-corrected chi connectivity index (χ1v) is 6.90. The molecule has 1 atom stereocenters. The molecule has 0 radical (unpaired) electrons. The summed E-state index contributed by atoms with van der Waals surface area (Å²) in [6.07, 6.45) is 7.15. The predicted molar refractivity (Wildman–Crippen MR) is 74.1 cm³/mol. The molecule has 1 aliphatic carbocycles. The molecule has 0 fully saturated rings. The largest absolute Gasteiger partial charge is 0.307 e. The average molecular weight is 247 g/mol. The zero-order chi connectivity index (χ0) is 13.0. The van der Waals surface area contributed by atoms with Crippen LogP contribution in [0.25, 0.3) is 0 Å². The van der Waals surface area contributed by atoms with Gasteiger partial charge in [0.2, 0.25) is 0 Å².